The molecule has 0 aromatic heterocycles. The van der Waals surface area contributed by atoms with E-state index in [1.54, 1.807) is 29.2 Å². The molecule has 2 aromatic rings. The number of hydrogen-bond acceptors (Lipinski definition) is 5. The zero-order chi connectivity index (χ0) is 23.6. The van der Waals surface area contributed by atoms with Crippen molar-refractivity contribution < 1.29 is 22.7 Å². The highest BCUT2D eigenvalue weighted by Crippen LogP contribution is 2.32. The maximum absolute atomic E-state index is 13.5. The van der Waals surface area contributed by atoms with Gasteiger partial charge in [0, 0.05) is 29.7 Å². The Hall–Kier alpha value is -2.13. The smallest absolute Gasteiger partial charge is 0.254 e. The van der Waals surface area contributed by atoms with Gasteiger partial charge < -0.3 is 14.4 Å². The summed E-state index contributed by atoms with van der Waals surface area (Å²) in [5.74, 6) is 0.00778. The fraction of sp³-hybridized carbons (Fsp3) is 0.458. The first-order chi connectivity index (χ1) is 15.8. The molecular weight excluding hydrogens is 464 g/mol. The van der Waals surface area contributed by atoms with Crippen LogP contribution in [0.3, 0.4) is 0 Å². The van der Waals surface area contributed by atoms with Gasteiger partial charge in [-0.05, 0) is 55.7 Å². The minimum atomic E-state index is -3.80. The number of halogens is 1. The Morgan fingerprint density at radius 3 is 2.58 bits per heavy atom. The van der Waals surface area contributed by atoms with Gasteiger partial charge in [0.05, 0.1) is 20.3 Å². The fourth-order valence-electron chi connectivity index (χ4n) is 4.46. The lowest BCUT2D eigenvalue weighted by atomic mass is 10.1. The minimum absolute atomic E-state index is 0.0344. The van der Waals surface area contributed by atoms with E-state index < -0.39 is 10.0 Å². The fourth-order valence-corrected chi connectivity index (χ4v) is 6.47. The van der Waals surface area contributed by atoms with Crippen LogP contribution < -0.4 is 4.74 Å². The molecule has 2 aromatic carbocycles. The van der Waals surface area contributed by atoms with Crippen molar-refractivity contribution in [1.82, 2.24) is 9.21 Å². The molecule has 2 atom stereocenters. The van der Waals surface area contributed by atoms with E-state index in [1.807, 2.05) is 19.1 Å². The molecule has 2 heterocycles. The second-order valence-electron chi connectivity index (χ2n) is 8.49. The summed E-state index contributed by atoms with van der Waals surface area (Å²) in [5.41, 5.74) is 1.25. The van der Waals surface area contributed by atoms with Gasteiger partial charge >= 0.3 is 0 Å². The number of hydrogen-bond donors (Lipinski definition) is 0. The van der Waals surface area contributed by atoms with Crippen molar-refractivity contribution in [2.24, 2.45) is 0 Å². The van der Waals surface area contributed by atoms with Crippen molar-refractivity contribution in [3.05, 3.63) is 58.6 Å². The molecule has 33 heavy (non-hydrogen) atoms. The maximum Gasteiger partial charge on any atom is 0.254 e. The maximum atomic E-state index is 13.5. The summed E-state index contributed by atoms with van der Waals surface area (Å²) in [7, 11) is -2.36. The van der Waals surface area contributed by atoms with Crippen LogP contribution in [0.4, 0.5) is 0 Å². The van der Waals surface area contributed by atoms with Crippen LogP contribution in [0.25, 0.3) is 0 Å². The number of ether oxygens (including phenoxy) is 2. The molecule has 0 N–H and O–H groups in total. The number of amides is 1. The van der Waals surface area contributed by atoms with Gasteiger partial charge in [-0.15, -0.1) is 0 Å². The minimum Gasteiger partial charge on any atom is -0.495 e. The van der Waals surface area contributed by atoms with Crippen LogP contribution in [0.15, 0.2) is 47.4 Å². The molecule has 2 aliphatic heterocycles. The lowest BCUT2D eigenvalue weighted by Gasteiger charge is -2.34. The standard InChI is InChI=1S/C24H29ClN2O5S/c1-17-5-3-4-12-27(17)33(29,30)23-15-19(8-11-21(23)31-2)24(28)26-13-14-32-22(16-26)18-6-9-20(25)10-7-18/h6-11,15,17,22H,3-5,12-14,16H2,1-2H3. The molecule has 2 saturated heterocycles. The van der Waals surface area contributed by atoms with Crippen LogP contribution in [0.5, 0.6) is 5.75 Å². The Balaban J connectivity index is 1.60. The van der Waals surface area contributed by atoms with Gasteiger partial charge in [0.25, 0.3) is 5.91 Å². The number of nitrogens with zero attached hydrogens (tertiary/aromatic N) is 2. The molecule has 2 unspecified atom stereocenters. The second kappa shape index (κ2) is 10.0. The molecule has 4 rings (SSSR count). The van der Waals surface area contributed by atoms with E-state index in [1.165, 1.54) is 17.5 Å². The van der Waals surface area contributed by atoms with E-state index >= 15 is 0 Å². The summed E-state index contributed by atoms with van der Waals surface area (Å²) < 4.78 is 39.7. The van der Waals surface area contributed by atoms with Gasteiger partial charge in [-0.3, -0.25) is 4.79 Å². The predicted octanol–water partition coefficient (Wildman–Crippen LogP) is 4.13. The molecular formula is C24H29ClN2O5S. The highest BCUT2D eigenvalue weighted by atomic mass is 35.5. The van der Waals surface area contributed by atoms with Crippen LogP contribution in [0.2, 0.25) is 5.02 Å². The van der Waals surface area contributed by atoms with Crippen LogP contribution in [0, 0.1) is 0 Å². The highest BCUT2D eigenvalue weighted by molar-refractivity contribution is 7.89. The number of benzene rings is 2. The first-order valence-electron chi connectivity index (χ1n) is 11.2. The van der Waals surface area contributed by atoms with E-state index in [0.29, 0.717) is 36.8 Å². The Morgan fingerprint density at radius 1 is 1.12 bits per heavy atom. The van der Waals surface area contributed by atoms with Gasteiger partial charge in [0.15, 0.2) is 0 Å². The lowest BCUT2D eigenvalue weighted by Crippen LogP contribution is -2.43. The Bertz CT molecular complexity index is 1110. The summed E-state index contributed by atoms with van der Waals surface area (Å²) in [4.78, 5) is 15.1. The molecule has 1 amide bonds. The largest absolute Gasteiger partial charge is 0.495 e. The number of carbonyl (C=O) groups excluding carboxylic acids is 1. The third-order valence-electron chi connectivity index (χ3n) is 6.33. The van der Waals surface area contributed by atoms with Gasteiger partial charge in [-0.2, -0.15) is 4.31 Å². The zero-order valence-electron chi connectivity index (χ0n) is 18.9. The van der Waals surface area contributed by atoms with Gasteiger partial charge in [-0.1, -0.05) is 30.2 Å². The number of rotatable bonds is 5. The van der Waals surface area contributed by atoms with E-state index in [2.05, 4.69) is 0 Å². The first kappa shape index (κ1) is 24.0. The number of sulfonamides is 1. The molecule has 7 nitrogen and oxygen atoms in total. The molecule has 0 saturated carbocycles. The van der Waals surface area contributed by atoms with Crippen molar-refractivity contribution in [2.45, 2.75) is 43.2 Å². The lowest BCUT2D eigenvalue weighted by molar-refractivity contribution is -0.0228. The average Bonchev–Trinajstić information content (AvgIpc) is 2.84. The van der Waals surface area contributed by atoms with E-state index in [0.717, 1.165) is 24.8 Å². The van der Waals surface area contributed by atoms with Crippen molar-refractivity contribution in [2.75, 3.05) is 33.4 Å². The number of methoxy groups -OCH3 is 1. The van der Waals surface area contributed by atoms with E-state index in [-0.39, 0.29) is 28.7 Å². The third kappa shape index (κ3) is 5.04. The third-order valence-corrected chi connectivity index (χ3v) is 8.62. The molecule has 9 heteroatoms. The Labute approximate surface area is 200 Å². The zero-order valence-corrected chi connectivity index (χ0v) is 20.4. The van der Waals surface area contributed by atoms with E-state index in [4.69, 9.17) is 21.1 Å². The van der Waals surface area contributed by atoms with Crippen LogP contribution in [0.1, 0.15) is 48.2 Å². The monoisotopic (exact) mass is 492 g/mol. The van der Waals surface area contributed by atoms with Crippen molar-refractivity contribution in [1.29, 1.82) is 0 Å². The summed E-state index contributed by atoms with van der Waals surface area (Å²) in [6.07, 6.45) is 2.38. The van der Waals surface area contributed by atoms with Gasteiger partial charge in [0.1, 0.15) is 16.7 Å². The molecule has 0 aliphatic carbocycles. The van der Waals surface area contributed by atoms with Crippen molar-refractivity contribution >= 4 is 27.5 Å². The molecule has 0 bridgehead atoms. The van der Waals surface area contributed by atoms with Crippen molar-refractivity contribution in [3.63, 3.8) is 0 Å². The number of carbonyl (C=O) groups is 1. The highest BCUT2D eigenvalue weighted by Gasteiger charge is 2.34. The average molecular weight is 493 g/mol. The van der Waals surface area contributed by atoms with Gasteiger partial charge in [-0.25, -0.2) is 8.42 Å². The van der Waals surface area contributed by atoms with E-state index in [9.17, 15) is 13.2 Å². The molecule has 2 fully saturated rings. The SMILES string of the molecule is COc1ccc(C(=O)N2CCOC(c3ccc(Cl)cc3)C2)cc1S(=O)(=O)N1CCCCC1C. The van der Waals surface area contributed by atoms with Crippen molar-refractivity contribution in [3.8, 4) is 5.75 Å². The molecule has 0 radical (unpaired) electrons. The summed E-state index contributed by atoms with van der Waals surface area (Å²) in [6.45, 7) is 3.59. The van der Waals surface area contributed by atoms with Crippen LogP contribution >= 0.6 is 11.6 Å². The Kier molecular flexibility index (Phi) is 7.28. The summed E-state index contributed by atoms with van der Waals surface area (Å²) in [5, 5.41) is 0.637. The first-order valence-corrected chi connectivity index (χ1v) is 13.0. The van der Waals surface area contributed by atoms with Gasteiger partial charge in [0.2, 0.25) is 10.0 Å². The summed E-state index contributed by atoms with van der Waals surface area (Å²) in [6, 6.07) is 11.9. The normalized spacial score (nSPS) is 22.2. The second-order valence-corrected chi connectivity index (χ2v) is 10.8. The quantitative estimate of drug-likeness (QED) is 0.627. The predicted molar refractivity (Wildman–Crippen MR) is 126 cm³/mol. The number of piperidine rings is 1. The van der Waals surface area contributed by atoms with Crippen LogP contribution in [-0.2, 0) is 14.8 Å². The Morgan fingerprint density at radius 2 is 1.88 bits per heavy atom. The molecule has 178 valence electrons. The summed E-state index contributed by atoms with van der Waals surface area (Å²) >= 11 is 5.98. The topological polar surface area (TPSA) is 76.1 Å². The van der Waals surface area contributed by atoms with Crippen LogP contribution in [-0.4, -0.2) is 62.9 Å². The number of morpholine rings is 1. The molecule has 0 spiro atoms. The molecule has 2 aliphatic rings.